The number of methoxy groups -OCH3 is 1. The Kier molecular flexibility index (Phi) is 3.34. The molecular formula is C13H19NO2. The van der Waals surface area contributed by atoms with Crippen molar-refractivity contribution in [3.8, 4) is 11.5 Å². The normalized spacial score (nSPS) is 21.2. The van der Waals surface area contributed by atoms with Gasteiger partial charge in [-0.25, -0.2) is 0 Å². The summed E-state index contributed by atoms with van der Waals surface area (Å²) < 4.78 is 5.07. The van der Waals surface area contributed by atoms with Gasteiger partial charge in [-0.15, -0.1) is 0 Å². The molecule has 16 heavy (non-hydrogen) atoms. The minimum Gasteiger partial charge on any atom is -0.507 e. The van der Waals surface area contributed by atoms with Gasteiger partial charge in [0, 0.05) is 24.2 Å². The molecule has 1 aromatic carbocycles. The van der Waals surface area contributed by atoms with Crippen molar-refractivity contribution in [3.05, 3.63) is 23.8 Å². The first-order valence-electron chi connectivity index (χ1n) is 5.80. The van der Waals surface area contributed by atoms with Crippen molar-refractivity contribution < 1.29 is 9.84 Å². The van der Waals surface area contributed by atoms with Crippen LogP contribution >= 0.6 is 0 Å². The summed E-state index contributed by atoms with van der Waals surface area (Å²) in [5.74, 6) is 1.04. The highest BCUT2D eigenvalue weighted by Gasteiger charge is 2.20. The number of phenolic OH excluding ortho intramolecular Hbond substituents is 1. The maximum Gasteiger partial charge on any atom is 0.123 e. The summed E-state index contributed by atoms with van der Waals surface area (Å²) in [5, 5.41) is 9.86. The Morgan fingerprint density at radius 2 is 2.31 bits per heavy atom. The van der Waals surface area contributed by atoms with E-state index in [2.05, 4.69) is 11.8 Å². The molecule has 1 aromatic rings. The van der Waals surface area contributed by atoms with Crippen molar-refractivity contribution in [2.75, 3.05) is 13.7 Å². The fourth-order valence-corrected chi connectivity index (χ4v) is 2.25. The van der Waals surface area contributed by atoms with Gasteiger partial charge < -0.3 is 9.84 Å². The molecule has 3 heteroatoms. The van der Waals surface area contributed by atoms with Gasteiger partial charge >= 0.3 is 0 Å². The Labute approximate surface area is 96.6 Å². The van der Waals surface area contributed by atoms with Gasteiger partial charge in [-0.2, -0.15) is 0 Å². The average Bonchev–Trinajstić information content (AvgIpc) is 2.67. The molecule has 1 saturated heterocycles. The fraction of sp³-hybridized carbons (Fsp3) is 0.538. The van der Waals surface area contributed by atoms with Crippen LogP contribution in [0.3, 0.4) is 0 Å². The molecule has 3 nitrogen and oxygen atoms in total. The molecule has 0 aliphatic carbocycles. The van der Waals surface area contributed by atoms with Crippen molar-refractivity contribution in [2.24, 2.45) is 0 Å². The summed E-state index contributed by atoms with van der Waals surface area (Å²) in [6.45, 7) is 4.21. The predicted octanol–water partition coefficient (Wildman–Crippen LogP) is 2.39. The first-order chi connectivity index (χ1) is 7.70. The third-order valence-corrected chi connectivity index (χ3v) is 3.36. The second-order valence-electron chi connectivity index (χ2n) is 4.46. The molecule has 0 bridgehead atoms. The van der Waals surface area contributed by atoms with E-state index >= 15 is 0 Å². The van der Waals surface area contributed by atoms with Crippen LogP contribution in [0.15, 0.2) is 18.2 Å². The molecule has 1 unspecified atom stereocenters. The van der Waals surface area contributed by atoms with Crippen LogP contribution < -0.4 is 4.74 Å². The minimum absolute atomic E-state index is 0.332. The van der Waals surface area contributed by atoms with Gasteiger partial charge in [-0.1, -0.05) is 6.07 Å². The number of benzene rings is 1. The zero-order valence-corrected chi connectivity index (χ0v) is 9.94. The molecule has 0 amide bonds. The highest BCUT2D eigenvalue weighted by Crippen LogP contribution is 2.27. The molecule has 0 radical (unpaired) electrons. The van der Waals surface area contributed by atoms with E-state index in [1.807, 2.05) is 12.1 Å². The first kappa shape index (κ1) is 11.3. The molecule has 1 aliphatic rings. The van der Waals surface area contributed by atoms with Gasteiger partial charge in [0.2, 0.25) is 0 Å². The summed E-state index contributed by atoms with van der Waals surface area (Å²) in [5.41, 5.74) is 0.981. The summed E-state index contributed by atoms with van der Waals surface area (Å²) >= 11 is 0. The van der Waals surface area contributed by atoms with E-state index in [0.717, 1.165) is 18.7 Å². The van der Waals surface area contributed by atoms with Crippen LogP contribution in [0.25, 0.3) is 0 Å². The van der Waals surface area contributed by atoms with Crippen molar-refractivity contribution in [2.45, 2.75) is 32.4 Å². The van der Waals surface area contributed by atoms with Crippen molar-refractivity contribution in [1.29, 1.82) is 0 Å². The molecule has 88 valence electrons. The number of aromatic hydroxyl groups is 1. The van der Waals surface area contributed by atoms with Gasteiger partial charge in [0.25, 0.3) is 0 Å². The Bertz CT molecular complexity index is 365. The van der Waals surface area contributed by atoms with Gasteiger partial charge in [0.15, 0.2) is 0 Å². The molecule has 1 fully saturated rings. The Hall–Kier alpha value is -1.22. The molecule has 0 spiro atoms. The van der Waals surface area contributed by atoms with E-state index in [0.29, 0.717) is 17.5 Å². The number of hydrogen-bond acceptors (Lipinski definition) is 3. The molecule has 1 atom stereocenters. The summed E-state index contributed by atoms with van der Waals surface area (Å²) in [6.07, 6.45) is 2.52. The highest BCUT2D eigenvalue weighted by atomic mass is 16.5. The minimum atomic E-state index is 0.332. The van der Waals surface area contributed by atoms with Crippen molar-refractivity contribution in [3.63, 3.8) is 0 Å². The van der Waals surface area contributed by atoms with Crippen LogP contribution in [0.1, 0.15) is 25.3 Å². The Balaban J connectivity index is 2.09. The van der Waals surface area contributed by atoms with E-state index in [-0.39, 0.29) is 0 Å². The number of ether oxygens (including phenoxy) is 1. The molecular weight excluding hydrogens is 202 g/mol. The van der Waals surface area contributed by atoms with Crippen molar-refractivity contribution >= 4 is 0 Å². The number of phenols is 1. The topological polar surface area (TPSA) is 32.7 Å². The van der Waals surface area contributed by atoms with Crippen LogP contribution in [-0.2, 0) is 6.54 Å². The molecule has 1 N–H and O–H groups in total. The van der Waals surface area contributed by atoms with E-state index in [9.17, 15) is 5.11 Å². The molecule has 2 rings (SSSR count). The standard InChI is InChI=1S/C13H19NO2/c1-10-4-3-7-14(10)9-11-5-6-12(16-2)8-13(11)15/h5-6,8,10,15H,3-4,7,9H2,1-2H3. The first-order valence-corrected chi connectivity index (χ1v) is 5.80. The maximum atomic E-state index is 9.86. The van der Waals surface area contributed by atoms with Crippen LogP contribution in [0, 0.1) is 0 Å². The Morgan fingerprint density at radius 1 is 1.50 bits per heavy atom. The third-order valence-electron chi connectivity index (χ3n) is 3.36. The van der Waals surface area contributed by atoms with Crippen LogP contribution in [0.2, 0.25) is 0 Å². The lowest BCUT2D eigenvalue weighted by atomic mass is 10.1. The average molecular weight is 221 g/mol. The summed E-state index contributed by atoms with van der Waals surface area (Å²) in [4.78, 5) is 2.40. The summed E-state index contributed by atoms with van der Waals surface area (Å²) in [6, 6.07) is 6.15. The van der Waals surface area contributed by atoms with Gasteiger partial charge in [0.1, 0.15) is 11.5 Å². The second-order valence-corrected chi connectivity index (χ2v) is 4.46. The van der Waals surface area contributed by atoms with E-state index < -0.39 is 0 Å². The summed E-state index contributed by atoms with van der Waals surface area (Å²) in [7, 11) is 1.61. The molecule has 0 aromatic heterocycles. The molecule has 1 aliphatic heterocycles. The lowest BCUT2D eigenvalue weighted by Gasteiger charge is -2.21. The lowest BCUT2D eigenvalue weighted by Crippen LogP contribution is -2.26. The molecule has 0 saturated carbocycles. The van der Waals surface area contributed by atoms with Gasteiger partial charge in [0.05, 0.1) is 7.11 Å². The maximum absolute atomic E-state index is 9.86. The Morgan fingerprint density at radius 3 is 2.88 bits per heavy atom. The monoisotopic (exact) mass is 221 g/mol. The zero-order valence-electron chi connectivity index (χ0n) is 9.94. The quantitative estimate of drug-likeness (QED) is 0.850. The van der Waals surface area contributed by atoms with Gasteiger partial charge in [-0.05, 0) is 32.4 Å². The third kappa shape index (κ3) is 2.30. The SMILES string of the molecule is COc1ccc(CN2CCCC2C)c(O)c1. The van der Waals surface area contributed by atoms with Crippen LogP contribution in [-0.4, -0.2) is 29.7 Å². The van der Waals surface area contributed by atoms with Crippen molar-refractivity contribution in [1.82, 2.24) is 4.90 Å². The lowest BCUT2D eigenvalue weighted by molar-refractivity contribution is 0.256. The van der Waals surface area contributed by atoms with E-state index in [4.69, 9.17) is 4.74 Å². The fourth-order valence-electron chi connectivity index (χ4n) is 2.25. The number of rotatable bonds is 3. The smallest absolute Gasteiger partial charge is 0.123 e. The van der Waals surface area contributed by atoms with Gasteiger partial charge in [-0.3, -0.25) is 4.90 Å². The van der Waals surface area contributed by atoms with E-state index in [1.165, 1.54) is 12.8 Å². The van der Waals surface area contributed by atoms with Crippen LogP contribution in [0.5, 0.6) is 11.5 Å². The molecule has 1 heterocycles. The second kappa shape index (κ2) is 4.74. The highest BCUT2D eigenvalue weighted by molar-refractivity contribution is 5.39. The number of hydrogen-bond donors (Lipinski definition) is 1. The predicted molar refractivity (Wildman–Crippen MR) is 63.8 cm³/mol. The number of likely N-dealkylation sites (tertiary alicyclic amines) is 1. The van der Waals surface area contributed by atoms with E-state index in [1.54, 1.807) is 13.2 Å². The van der Waals surface area contributed by atoms with Crippen LogP contribution in [0.4, 0.5) is 0 Å². The largest absolute Gasteiger partial charge is 0.507 e. The zero-order chi connectivity index (χ0) is 11.5. The number of nitrogens with zero attached hydrogens (tertiary/aromatic N) is 1.